The number of hydrogen-bond donors (Lipinski definition) is 2. The van der Waals surface area contributed by atoms with Crippen LogP contribution in [0.1, 0.15) is 10.4 Å². The predicted octanol–water partition coefficient (Wildman–Crippen LogP) is 0.0446. The highest BCUT2D eigenvalue weighted by Gasteiger charge is 2.13. The largest absolute Gasteiger partial charge is 0.383 e. The molecule has 0 atom stereocenters. The van der Waals surface area contributed by atoms with Gasteiger partial charge in [0.05, 0.1) is 6.20 Å². The van der Waals surface area contributed by atoms with E-state index in [-0.39, 0.29) is 5.91 Å². The first-order valence-corrected chi connectivity index (χ1v) is 4.53. The average Bonchev–Trinajstić information content (AvgIpc) is 2.61. The van der Waals surface area contributed by atoms with Crippen LogP contribution in [0, 0.1) is 0 Å². The van der Waals surface area contributed by atoms with Crippen LogP contribution in [0.3, 0.4) is 0 Å². The van der Waals surface area contributed by atoms with Crippen LogP contribution in [0.5, 0.6) is 0 Å². The molecule has 16 heavy (non-hydrogen) atoms. The van der Waals surface area contributed by atoms with Crippen molar-refractivity contribution in [3.63, 3.8) is 0 Å². The van der Waals surface area contributed by atoms with E-state index in [1.807, 2.05) is 0 Å². The topological polar surface area (TPSA) is 98.7 Å². The van der Waals surface area contributed by atoms with Crippen molar-refractivity contribution in [1.82, 2.24) is 19.7 Å². The monoisotopic (exact) mass is 218 g/mol. The van der Waals surface area contributed by atoms with E-state index in [2.05, 4.69) is 20.4 Å². The molecule has 3 N–H and O–H groups in total. The zero-order chi connectivity index (χ0) is 11.5. The van der Waals surface area contributed by atoms with Gasteiger partial charge in [-0.05, 0) is 6.07 Å². The van der Waals surface area contributed by atoms with Crippen LogP contribution in [0.15, 0.2) is 24.8 Å². The Bertz CT molecular complexity index is 506. The Morgan fingerprint density at radius 3 is 2.94 bits per heavy atom. The van der Waals surface area contributed by atoms with Crippen molar-refractivity contribution in [3.8, 4) is 0 Å². The molecule has 0 saturated heterocycles. The smallest absolute Gasteiger partial charge is 0.262 e. The first kappa shape index (κ1) is 10.1. The van der Waals surface area contributed by atoms with E-state index in [1.54, 1.807) is 13.1 Å². The molecule has 2 aromatic heterocycles. The maximum atomic E-state index is 11.7. The highest BCUT2D eigenvalue weighted by Crippen LogP contribution is 2.11. The summed E-state index contributed by atoms with van der Waals surface area (Å²) in [6.07, 6.45) is 4.29. The van der Waals surface area contributed by atoms with E-state index >= 15 is 0 Å². The quantitative estimate of drug-likeness (QED) is 0.741. The van der Waals surface area contributed by atoms with Crippen LogP contribution in [0.25, 0.3) is 0 Å². The first-order chi connectivity index (χ1) is 7.68. The second-order valence-electron chi connectivity index (χ2n) is 3.12. The number of nitrogens with two attached hydrogens (primary N) is 1. The lowest BCUT2D eigenvalue weighted by molar-refractivity contribution is 0.102. The van der Waals surface area contributed by atoms with Gasteiger partial charge in [0.15, 0.2) is 0 Å². The molecule has 0 fully saturated rings. The standard InChI is InChI=1S/C9H10N6O/c1-15-8(10)6(4-13-15)9(16)14-7-2-3-11-5-12-7/h2-5H,10H2,1H3,(H,11,12,14,16). The fourth-order valence-corrected chi connectivity index (χ4v) is 1.17. The number of carbonyl (C=O) groups excluding carboxylic acids is 1. The zero-order valence-electron chi connectivity index (χ0n) is 8.58. The molecule has 0 aliphatic carbocycles. The summed E-state index contributed by atoms with van der Waals surface area (Å²) in [5, 5.41) is 6.47. The molecular weight excluding hydrogens is 208 g/mol. The molecule has 0 bridgehead atoms. The summed E-state index contributed by atoms with van der Waals surface area (Å²) in [6, 6.07) is 1.59. The highest BCUT2D eigenvalue weighted by atomic mass is 16.1. The van der Waals surface area contributed by atoms with Gasteiger partial charge < -0.3 is 11.1 Å². The Morgan fingerprint density at radius 2 is 2.38 bits per heavy atom. The summed E-state index contributed by atoms with van der Waals surface area (Å²) >= 11 is 0. The van der Waals surface area contributed by atoms with Crippen LogP contribution in [-0.4, -0.2) is 25.7 Å². The molecular formula is C9H10N6O. The number of aryl methyl sites for hydroxylation is 1. The molecule has 0 aliphatic heterocycles. The molecule has 0 unspecified atom stereocenters. The number of anilines is 2. The van der Waals surface area contributed by atoms with E-state index in [0.717, 1.165) is 0 Å². The molecule has 2 aromatic rings. The lowest BCUT2D eigenvalue weighted by Gasteiger charge is -2.02. The van der Waals surface area contributed by atoms with Crippen molar-refractivity contribution in [2.75, 3.05) is 11.1 Å². The maximum absolute atomic E-state index is 11.7. The lowest BCUT2D eigenvalue weighted by Crippen LogP contribution is -2.14. The zero-order valence-corrected chi connectivity index (χ0v) is 8.58. The molecule has 7 heteroatoms. The lowest BCUT2D eigenvalue weighted by atomic mass is 10.3. The van der Waals surface area contributed by atoms with Gasteiger partial charge >= 0.3 is 0 Å². The Hall–Kier alpha value is -2.44. The summed E-state index contributed by atoms with van der Waals surface area (Å²) in [7, 11) is 1.66. The van der Waals surface area contributed by atoms with Gasteiger partial charge in [-0.2, -0.15) is 5.10 Å². The molecule has 0 radical (unpaired) electrons. The third kappa shape index (κ3) is 1.83. The number of amides is 1. The van der Waals surface area contributed by atoms with E-state index in [4.69, 9.17) is 5.73 Å². The number of nitrogens with one attached hydrogen (secondary N) is 1. The Morgan fingerprint density at radius 1 is 1.56 bits per heavy atom. The fraction of sp³-hybridized carbons (Fsp3) is 0.111. The number of nitrogens with zero attached hydrogens (tertiary/aromatic N) is 4. The second kappa shape index (κ2) is 3.97. The molecule has 0 saturated carbocycles. The van der Waals surface area contributed by atoms with Gasteiger partial charge in [-0.25, -0.2) is 9.97 Å². The molecule has 0 aliphatic rings. The molecule has 2 heterocycles. The van der Waals surface area contributed by atoms with Gasteiger partial charge in [0, 0.05) is 13.2 Å². The van der Waals surface area contributed by atoms with E-state index in [9.17, 15) is 4.79 Å². The van der Waals surface area contributed by atoms with Gasteiger partial charge in [-0.3, -0.25) is 9.48 Å². The summed E-state index contributed by atoms with van der Waals surface area (Å²) in [5.41, 5.74) is 5.98. The van der Waals surface area contributed by atoms with Crippen molar-refractivity contribution in [2.45, 2.75) is 0 Å². The number of carbonyl (C=O) groups is 1. The van der Waals surface area contributed by atoms with Crippen molar-refractivity contribution in [2.24, 2.45) is 7.05 Å². The fourth-order valence-electron chi connectivity index (χ4n) is 1.17. The Kier molecular flexibility index (Phi) is 2.50. The summed E-state index contributed by atoms with van der Waals surface area (Å²) in [5.74, 6) is 0.388. The van der Waals surface area contributed by atoms with E-state index in [1.165, 1.54) is 23.4 Å². The van der Waals surface area contributed by atoms with Gasteiger partial charge in [-0.15, -0.1) is 0 Å². The van der Waals surface area contributed by atoms with E-state index in [0.29, 0.717) is 17.2 Å². The van der Waals surface area contributed by atoms with Gasteiger partial charge in [0.2, 0.25) is 0 Å². The molecule has 0 aromatic carbocycles. The summed E-state index contributed by atoms with van der Waals surface area (Å²) in [4.78, 5) is 19.4. The van der Waals surface area contributed by atoms with Gasteiger partial charge in [-0.1, -0.05) is 0 Å². The SMILES string of the molecule is Cn1ncc(C(=O)Nc2ccncn2)c1N. The molecule has 7 nitrogen and oxygen atoms in total. The van der Waals surface area contributed by atoms with Crippen molar-refractivity contribution in [1.29, 1.82) is 0 Å². The molecule has 0 spiro atoms. The number of nitrogen functional groups attached to an aromatic ring is 1. The van der Waals surface area contributed by atoms with Gasteiger partial charge in [0.1, 0.15) is 23.5 Å². The predicted molar refractivity (Wildman–Crippen MR) is 57.6 cm³/mol. The maximum Gasteiger partial charge on any atom is 0.262 e. The Labute approximate surface area is 91.3 Å². The van der Waals surface area contributed by atoms with Crippen LogP contribution < -0.4 is 11.1 Å². The average molecular weight is 218 g/mol. The van der Waals surface area contributed by atoms with E-state index < -0.39 is 0 Å². The summed E-state index contributed by atoms with van der Waals surface area (Å²) < 4.78 is 1.43. The van der Waals surface area contributed by atoms with Crippen LogP contribution in [0.4, 0.5) is 11.6 Å². The summed E-state index contributed by atoms with van der Waals surface area (Å²) in [6.45, 7) is 0. The van der Waals surface area contributed by atoms with Crippen LogP contribution in [-0.2, 0) is 7.05 Å². The third-order valence-electron chi connectivity index (χ3n) is 2.05. The minimum absolute atomic E-state index is 0.312. The number of aromatic nitrogens is 4. The minimum Gasteiger partial charge on any atom is -0.383 e. The van der Waals surface area contributed by atoms with Crippen molar-refractivity contribution >= 4 is 17.5 Å². The normalized spacial score (nSPS) is 10.1. The van der Waals surface area contributed by atoms with Crippen molar-refractivity contribution in [3.05, 3.63) is 30.4 Å². The third-order valence-corrected chi connectivity index (χ3v) is 2.05. The van der Waals surface area contributed by atoms with Crippen molar-refractivity contribution < 1.29 is 4.79 Å². The molecule has 82 valence electrons. The number of rotatable bonds is 2. The molecule has 1 amide bonds. The van der Waals surface area contributed by atoms with Gasteiger partial charge in [0.25, 0.3) is 5.91 Å². The molecule has 2 rings (SSSR count). The second-order valence-corrected chi connectivity index (χ2v) is 3.12. The number of hydrogen-bond acceptors (Lipinski definition) is 5. The highest BCUT2D eigenvalue weighted by molar-refractivity contribution is 6.06. The Balaban J connectivity index is 2.18. The van der Waals surface area contributed by atoms with Crippen LogP contribution in [0.2, 0.25) is 0 Å². The first-order valence-electron chi connectivity index (χ1n) is 4.53. The van der Waals surface area contributed by atoms with Crippen LogP contribution >= 0.6 is 0 Å². The minimum atomic E-state index is -0.343.